The third-order valence-corrected chi connectivity index (χ3v) is 3.48. The van der Waals surface area contributed by atoms with Gasteiger partial charge in [-0.2, -0.15) is 0 Å². The number of aliphatic hydroxyl groups is 1. The zero-order valence-electron chi connectivity index (χ0n) is 9.93. The molecule has 16 heavy (non-hydrogen) atoms. The zero-order valence-corrected chi connectivity index (χ0v) is 10.8. The molecule has 0 saturated carbocycles. The minimum absolute atomic E-state index is 0.466. The summed E-state index contributed by atoms with van der Waals surface area (Å²) in [5.74, 6) is 0.466. The Morgan fingerprint density at radius 2 is 1.94 bits per heavy atom. The Kier molecular flexibility index (Phi) is 4.44. The van der Waals surface area contributed by atoms with E-state index in [0.717, 1.165) is 10.5 Å². The molecule has 2 nitrogen and oxygen atoms in total. The Hall–Kier alpha value is -0.930. The topological polar surface area (TPSA) is 37.3 Å². The summed E-state index contributed by atoms with van der Waals surface area (Å²) in [6, 6.07) is 9.37. The Morgan fingerprint density at radius 1 is 1.38 bits per heavy atom. The molecule has 0 saturated heterocycles. The molecule has 0 radical (unpaired) electrons. The Balaban J connectivity index is 2.70. The van der Waals surface area contributed by atoms with E-state index < -0.39 is 16.4 Å². The SMILES string of the molecule is C/C(=C\C(C)(C)O)CS(=O)c1ccccc1. The molecule has 0 fully saturated rings. The Morgan fingerprint density at radius 3 is 2.44 bits per heavy atom. The van der Waals surface area contributed by atoms with Gasteiger partial charge in [0.05, 0.1) is 16.4 Å². The molecule has 3 heteroatoms. The zero-order chi connectivity index (χ0) is 12.2. The predicted octanol–water partition coefficient (Wildman–Crippen LogP) is 2.51. The third kappa shape index (κ3) is 4.73. The van der Waals surface area contributed by atoms with E-state index in [1.807, 2.05) is 37.3 Å². The standard InChI is InChI=1S/C13H18O2S/c1-11(9-13(2,3)14)10-16(15)12-7-5-4-6-8-12/h4-9,14H,10H2,1-3H3/b11-9+. The average molecular weight is 238 g/mol. The van der Waals surface area contributed by atoms with E-state index in [2.05, 4.69) is 0 Å². The van der Waals surface area contributed by atoms with Crippen molar-refractivity contribution in [3.8, 4) is 0 Å². The van der Waals surface area contributed by atoms with Crippen LogP contribution in [0.2, 0.25) is 0 Å². The fourth-order valence-corrected chi connectivity index (χ4v) is 2.63. The molecule has 1 rings (SSSR count). The van der Waals surface area contributed by atoms with E-state index >= 15 is 0 Å². The van der Waals surface area contributed by atoms with Crippen LogP contribution in [0.25, 0.3) is 0 Å². The van der Waals surface area contributed by atoms with Gasteiger partial charge in [-0.3, -0.25) is 4.21 Å². The van der Waals surface area contributed by atoms with Crippen molar-refractivity contribution >= 4 is 10.8 Å². The van der Waals surface area contributed by atoms with Gasteiger partial charge in [-0.05, 0) is 32.9 Å². The van der Waals surface area contributed by atoms with Crippen molar-refractivity contribution in [2.75, 3.05) is 5.75 Å². The quantitative estimate of drug-likeness (QED) is 0.818. The van der Waals surface area contributed by atoms with Crippen molar-refractivity contribution in [3.63, 3.8) is 0 Å². The fraction of sp³-hybridized carbons (Fsp3) is 0.385. The van der Waals surface area contributed by atoms with Gasteiger partial charge in [0.15, 0.2) is 0 Å². The van der Waals surface area contributed by atoms with Crippen LogP contribution < -0.4 is 0 Å². The molecule has 0 aromatic heterocycles. The van der Waals surface area contributed by atoms with Crippen LogP contribution in [-0.2, 0) is 10.8 Å². The highest BCUT2D eigenvalue weighted by Crippen LogP contribution is 2.12. The van der Waals surface area contributed by atoms with Gasteiger partial charge in [-0.15, -0.1) is 0 Å². The highest BCUT2D eigenvalue weighted by Gasteiger charge is 2.10. The monoisotopic (exact) mass is 238 g/mol. The predicted molar refractivity (Wildman–Crippen MR) is 67.8 cm³/mol. The van der Waals surface area contributed by atoms with Crippen LogP contribution >= 0.6 is 0 Å². The molecule has 0 aliphatic rings. The first-order valence-electron chi connectivity index (χ1n) is 5.22. The minimum Gasteiger partial charge on any atom is -0.386 e. The summed E-state index contributed by atoms with van der Waals surface area (Å²) in [5.41, 5.74) is 0.0972. The lowest BCUT2D eigenvalue weighted by atomic mass is 10.1. The van der Waals surface area contributed by atoms with Gasteiger partial charge in [0.1, 0.15) is 0 Å². The van der Waals surface area contributed by atoms with Crippen LogP contribution in [0.5, 0.6) is 0 Å². The number of benzene rings is 1. The lowest BCUT2D eigenvalue weighted by molar-refractivity contribution is 0.132. The van der Waals surface area contributed by atoms with Crippen molar-refractivity contribution in [2.45, 2.75) is 31.3 Å². The van der Waals surface area contributed by atoms with Crippen molar-refractivity contribution in [1.82, 2.24) is 0 Å². The molecule has 0 bridgehead atoms. The third-order valence-electron chi connectivity index (χ3n) is 1.96. The van der Waals surface area contributed by atoms with Gasteiger partial charge in [-0.1, -0.05) is 29.8 Å². The molecular weight excluding hydrogens is 220 g/mol. The van der Waals surface area contributed by atoms with Crippen LogP contribution in [0.3, 0.4) is 0 Å². The van der Waals surface area contributed by atoms with Crippen molar-refractivity contribution < 1.29 is 9.32 Å². The first-order chi connectivity index (χ1) is 7.38. The Bertz CT molecular complexity index is 388. The van der Waals surface area contributed by atoms with Gasteiger partial charge < -0.3 is 5.11 Å². The molecule has 1 N–H and O–H groups in total. The van der Waals surface area contributed by atoms with Gasteiger partial charge in [-0.25, -0.2) is 0 Å². The van der Waals surface area contributed by atoms with E-state index in [1.54, 1.807) is 19.9 Å². The van der Waals surface area contributed by atoms with Crippen molar-refractivity contribution in [2.24, 2.45) is 0 Å². The summed E-state index contributed by atoms with van der Waals surface area (Å²) < 4.78 is 11.9. The smallest absolute Gasteiger partial charge is 0.0774 e. The lowest BCUT2D eigenvalue weighted by Crippen LogP contribution is -2.16. The van der Waals surface area contributed by atoms with Crippen molar-refractivity contribution in [3.05, 3.63) is 42.0 Å². The molecule has 1 unspecified atom stereocenters. The lowest BCUT2D eigenvalue weighted by Gasteiger charge is -2.13. The highest BCUT2D eigenvalue weighted by atomic mass is 32.2. The normalized spacial score (nSPS) is 14.9. The van der Waals surface area contributed by atoms with Crippen LogP contribution in [0, 0.1) is 0 Å². The second kappa shape index (κ2) is 5.41. The molecule has 1 atom stereocenters. The summed E-state index contributed by atoms with van der Waals surface area (Å²) in [6.45, 7) is 5.31. The van der Waals surface area contributed by atoms with E-state index in [-0.39, 0.29) is 0 Å². The first kappa shape index (κ1) is 13.1. The summed E-state index contributed by atoms with van der Waals surface area (Å²) in [4.78, 5) is 0.825. The number of hydrogen-bond acceptors (Lipinski definition) is 2. The molecule has 0 heterocycles. The molecular formula is C13H18O2S. The average Bonchev–Trinajstić information content (AvgIpc) is 2.16. The van der Waals surface area contributed by atoms with Crippen LogP contribution in [0.15, 0.2) is 46.9 Å². The van der Waals surface area contributed by atoms with Gasteiger partial charge in [0.25, 0.3) is 0 Å². The molecule has 1 aromatic carbocycles. The fourth-order valence-electron chi connectivity index (χ4n) is 1.51. The van der Waals surface area contributed by atoms with Crippen LogP contribution in [0.1, 0.15) is 20.8 Å². The summed E-state index contributed by atoms with van der Waals surface area (Å²) in [5, 5.41) is 9.60. The largest absolute Gasteiger partial charge is 0.386 e. The van der Waals surface area contributed by atoms with Gasteiger partial charge in [0.2, 0.25) is 0 Å². The van der Waals surface area contributed by atoms with Gasteiger partial charge >= 0.3 is 0 Å². The van der Waals surface area contributed by atoms with Crippen molar-refractivity contribution in [1.29, 1.82) is 0 Å². The minimum atomic E-state index is -1.03. The second-order valence-corrected chi connectivity index (χ2v) is 5.90. The summed E-state index contributed by atoms with van der Waals surface area (Å²) >= 11 is 0. The summed E-state index contributed by atoms with van der Waals surface area (Å²) in [6.07, 6.45) is 1.74. The van der Waals surface area contributed by atoms with Crippen LogP contribution in [-0.4, -0.2) is 20.7 Å². The maximum absolute atomic E-state index is 11.9. The number of hydrogen-bond donors (Lipinski definition) is 1. The second-order valence-electron chi connectivity index (χ2n) is 4.45. The van der Waals surface area contributed by atoms with Gasteiger partial charge in [0, 0.05) is 10.6 Å². The molecule has 1 aromatic rings. The van der Waals surface area contributed by atoms with E-state index in [9.17, 15) is 9.32 Å². The molecule has 0 amide bonds. The maximum atomic E-state index is 11.9. The molecule has 0 aliphatic heterocycles. The Labute approximate surface area is 99.5 Å². The molecule has 0 aliphatic carbocycles. The first-order valence-corrected chi connectivity index (χ1v) is 6.54. The highest BCUT2D eigenvalue weighted by molar-refractivity contribution is 7.85. The maximum Gasteiger partial charge on any atom is 0.0774 e. The van der Waals surface area contributed by atoms with Crippen LogP contribution in [0.4, 0.5) is 0 Å². The number of rotatable bonds is 4. The van der Waals surface area contributed by atoms with E-state index in [4.69, 9.17) is 0 Å². The molecule has 88 valence electrons. The summed E-state index contributed by atoms with van der Waals surface area (Å²) in [7, 11) is -1.03. The van der Waals surface area contributed by atoms with E-state index in [1.165, 1.54) is 0 Å². The van der Waals surface area contributed by atoms with E-state index in [0.29, 0.717) is 5.75 Å². The molecule has 0 spiro atoms.